The van der Waals surface area contributed by atoms with E-state index < -0.39 is 6.09 Å². The fraction of sp³-hybridized carbons (Fsp3) is 0.188. The Morgan fingerprint density at radius 1 is 1.00 bits per heavy atom. The highest BCUT2D eigenvalue weighted by atomic mass is 16.5. The average molecular weight is 269 g/mol. The van der Waals surface area contributed by atoms with Gasteiger partial charge in [0.15, 0.2) is 0 Å². The Balaban J connectivity index is 1.62. The predicted octanol–water partition coefficient (Wildman–Crippen LogP) is 3.09. The van der Waals surface area contributed by atoms with Crippen molar-refractivity contribution in [3.63, 3.8) is 0 Å². The number of hydrogen-bond donors (Lipinski definition) is 1. The molecule has 3 rings (SSSR count). The van der Waals surface area contributed by atoms with E-state index in [1.807, 2.05) is 42.5 Å². The predicted molar refractivity (Wildman–Crippen MR) is 75.9 cm³/mol. The molecule has 1 aliphatic rings. The molecule has 1 fully saturated rings. The van der Waals surface area contributed by atoms with Crippen LogP contribution in [0.15, 0.2) is 54.6 Å². The van der Waals surface area contributed by atoms with Crippen LogP contribution in [0.3, 0.4) is 0 Å². The van der Waals surface area contributed by atoms with E-state index in [9.17, 15) is 4.79 Å². The molecule has 0 spiro atoms. The van der Waals surface area contributed by atoms with Gasteiger partial charge in [0.1, 0.15) is 11.9 Å². The molecule has 0 saturated carbocycles. The summed E-state index contributed by atoms with van der Waals surface area (Å²) < 4.78 is 5.72. The van der Waals surface area contributed by atoms with Crippen molar-refractivity contribution in [3.05, 3.63) is 54.6 Å². The molecule has 0 unspecified atom stereocenters. The monoisotopic (exact) mass is 269 g/mol. The van der Waals surface area contributed by atoms with Crippen molar-refractivity contribution < 1.29 is 14.6 Å². The number of rotatable bonds is 3. The summed E-state index contributed by atoms with van der Waals surface area (Å²) in [6.07, 6.45) is -0.919. The first kappa shape index (κ1) is 12.5. The van der Waals surface area contributed by atoms with Gasteiger partial charge in [-0.25, -0.2) is 4.79 Å². The maximum absolute atomic E-state index is 10.7. The molecule has 1 saturated heterocycles. The van der Waals surface area contributed by atoms with E-state index in [1.165, 1.54) is 10.5 Å². The normalized spacial score (nSPS) is 14.7. The molecule has 4 nitrogen and oxygen atoms in total. The van der Waals surface area contributed by atoms with Crippen LogP contribution in [0.2, 0.25) is 0 Å². The lowest BCUT2D eigenvalue weighted by Gasteiger charge is -2.36. The molecule has 1 amide bonds. The van der Waals surface area contributed by atoms with Gasteiger partial charge in [0.25, 0.3) is 0 Å². The number of ether oxygens (including phenoxy) is 1. The summed E-state index contributed by atoms with van der Waals surface area (Å²) in [6.45, 7) is 0.880. The van der Waals surface area contributed by atoms with Crippen molar-refractivity contribution in [1.82, 2.24) is 4.90 Å². The Hall–Kier alpha value is -2.49. The number of carboxylic acid groups (broad SMARTS) is 1. The van der Waals surface area contributed by atoms with E-state index in [2.05, 4.69) is 12.1 Å². The van der Waals surface area contributed by atoms with E-state index >= 15 is 0 Å². The van der Waals surface area contributed by atoms with Crippen LogP contribution in [0, 0.1) is 0 Å². The number of hydrogen-bond acceptors (Lipinski definition) is 2. The summed E-state index contributed by atoms with van der Waals surface area (Å²) >= 11 is 0. The number of benzene rings is 2. The van der Waals surface area contributed by atoms with Crippen molar-refractivity contribution in [1.29, 1.82) is 0 Å². The third kappa shape index (κ3) is 2.59. The van der Waals surface area contributed by atoms with Gasteiger partial charge in [0.2, 0.25) is 0 Å². The summed E-state index contributed by atoms with van der Waals surface area (Å²) in [7, 11) is 0. The van der Waals surface area contributed by atoms with Crippen LogP contribution in [-0.4, -0.2) is 35.3 Å². The molecule has 0 radical (unpaired) electrons. The lowest BCUT2D eigenvalue weighted by atomic mass is 10.1. The third-order valence-corrected chi connectivity index (χ3v) is 3.38. The first-order valence-electron chi connectivity index (χ1n) is 6.52. The smallest absolute Gasteiger partial charge is 0.407 e. The summed E-state index contributed by atoms with van der Waals surface area (Å²) in [4.78, 5) is 12.0. The number of likely N-dealkylation sites (tertiary alicyclic amines) is 1. The van der Waals surface area contributed by atoms with Crippen LogP contribution >= 0.6 is 0 Å². The molecule has 0 bridgehead atoms. The number of carbonyl (C=O) groups is 1. The molecule has 1 aliphatic heterocycles. The summed E-state index contributed by atoms with van der Waals surface area (Å²) in [6, 6.07) is 18.0. The van der Waals surface area contributed by atoms with E-state index in [0.717, 1.165) is 11.3 Å². The van der Waals surface area contributed by atoms with E-state index in [4.69, 9.17) is 9.84 Å². The van der Waals surface area contributed by atoms with Gasteiger partial charge in [-0.2, -0.15) is 0 Å². The minimum Gasteiger partial charge on any atom is -0.487 e. The molecular weight excluding hydrogens is 254 g/mol. The summed E-state index contributed by atoms with van der Waals surface area (Å²) in [5.41, 5.74) is 2.30. The second kappa shape index (κ2) is 5.25. The van der Waals surface area contributed by atoms with Crippen LogP contribution in [0.1, 0.15) is 0 Å². The largest absolute Gasteiger partial charge is 0.487 e. The zero-order chi connectivity index (χ0) is 13.9. The van der Waals surface area contributed by atoms with Gasteiger partial charge < -0.3 is 14.7 Å². The minimum absolute atomic E-state index is 0.0336. The fourth-order valence-electron chi connectivity index (χ4n) is 2.22. The molecule has 0 aromatic heterocycles. The van der Waals surface area contributed by atoms with Crippen LogP contribution in [-0.2, 0) is 0 Å². The molecule has 1 heterocycles. The van der Waals surface area contributed by atoms with Gasteiger partial charge >= 0.3 is 6.09 Å². The van der Waals surface area contributed by atoms with Crippen molar-refractivity contribution in [3.8, 4) is 16.9 Å². The van der Waals surface area contributed by atoms with E-state index in [1.54, 1.807) is 0 Å². The third-order valence-electron chi connectivity index (χ3n) is 3.38. The Morgan fingerprint density at radius 3 is 2.20 bits per heavy atom. The van der Waals surface area contributed by atoms with Gasteiger partial charge in [0.05, 0.1) is 13.1 Å². The van der Waals surface area contributed by atoms with Crippen molar-refractivity contribution in [2.45, 2.75) is 6.10 Å². The molecular formula is C16H15NO3. The van der Waals surface area contributed by atoms with Gasteiger partial charge in [-0.3, -0.25) is 0 Å². The fourth-order valence-corrected chi connectivity index (χ4v) is 2.22. The molecule has 2 aromatic rings. The first-order chi connectivity index (χ1) is 9.72. The van der Waals surface area contributed by atoms with E-state index in [-0.39, 0.29) is 6.10 Å². The SMILES string of the molecule is O=C(O)N1CC(Oc2ccc(-c3ccccc3)cc2)C1. The zero-order valence-corrected chi connectivity index (χ0v) is 10.9. The quantitative estimate of drug-likeness (QED) is 0.931. The number of amides is 1. The molecule has 1 N–H and O–H groups in total. The summed E-state index contributed by atoms with van der Waals surface area (Å²) in [5, 5.41) is 8.75. The highest BCUT2D eigenvalue weighted by Crippen LogP contribution is 2.24. The zero-order valence-electron chi connectivity index (χ0n) is 10.9. The maximum atomic E-state index is 10.7. The van der Waals surface area contributed by atoms with Gasteiger partial charge in [-0.15, -0.1) is 0 Å². The Morgan fingerprint density at radius 2 is 1.60 bits per heavy atom. The highest BCUT2D eigenvalue weighted by molar-refractivity contribution is 5.66. The average Bonchev–Trinajstić information content (AvgIpc) is 2.43. The van der Waals surface area contributed by atoms with Crippen molar-refractivity contribution in [2.24, 2.45) is 0 Å². The molecule has 0 atom stereocenters. The van der Waals surface area contributed by atoms with Crippen LogP contribution in [0.4, 0.5) is 4.79 Å². The van der Waals surface area contributed by atoms with Crippen LogP contribution in [0.25, 0.3) is 11.1 Å². The van der Waals surface area contributed by atoms with Gasteiger partial charge in [0, 0.05) is 0 Å². The lowest BCUT2D eigenvalue weighted by Crippen LogP contribution is -2.55. The van der Waals surface area contributed by atoms with Crippen molar-refractivity contribution >= 4 is 6.09 Å². The molecule has 4 heteroatoms. The Bertz CT molecular complexity index is 589. The van der Waals surface area contributed by atoms with Gasteiger partial charge in [-0.1, -0.05) is 42.5 Å². The molecule has 0 aliphatic carbocycles. The van der Waals surface area contributed by atoms with Gasteiger partial charge in [-0.05, 0) is 23.3 Å². The standard InChI is InChI=1S/C16H15NO3/c18-16(19)17-10-15(11-17)20-14-8-6-13(7-9-14)12-4-2-1-3-5-12/h1-9,15H,10-11H2,(H,18,19). The maximum Gasteiger partial charge on any atom is 0.407 e. The van der Waals surface area contributed by atoms with Crippen LogP contribution in [0.5, 0.6) is 5.75 Å². The van der Waals surface area contributed by atoms with Crippen LogP contribution < -0.4 is 4.74 Å². The molecule has 20 heavy (non-hydrogen) atoms. The van der Waals surface area contributed by atoms with E-state index in [0.29, 0.717) is 13.1 Å². The highest BCUT2D eigenvalue weighted by Gasteiger charge is 2.31. The number of nitrogens with zero attached hydrogens (tertiary/aromatic N) is 1. The Labute approximate surface area is 117 Å². The van der Waals surface area contributed by atoms with Crippen molar-refractivity contribution in [2.75, 3.05) is 13.1 Å². The minimum atomic E-state index is -0.885. The second-order valence-corrected chi connectivity index (χ2v) is 4.82. The molecule has 102 valence electrons. The first-order valence-corrected chi connectivity index (χ1v) is 6.52. The topological polar surface area (TPSA) is 49.8 Å². The molecule has 2 aromatic carbocycles. The Kier molecular flexibility index (Phi) is 3.29. The summed E-state index contributed by atoms with van der Waals surface area (Å²) in [5.74, 6) is 0.778. The second-order valence-electron chi connectivity index (χ2n) is 4.82. The lowest BCUT2D eigenvalue weighted by molar-refractivity contribution is 0.0252.